The third-order valence-electron chi connectivity index (χ3n) is 4.34. The van der Waals surface area contributed by atoms with E-state index in [4.69, 9.17) is 0 Å². The Balaban J connectivity index is 1.89. The summed E-state index contributed by atoms with van der Waals surface area (Å²) >= 11 is 0. The molecule has 148 valence electrons. The van der Waals surface area contributed by atoms with E-state index in [0.29, 0.717) is 5.56 Å². The number of carboxylic acids is 1. The number of carboxylic acid groups (broad SMARTS) is 1. The van der Waals surface area contributed by atoms with Gasteiger partial charge in [0, 0.05) is 12.0 Å². The molecular weight excluding hydrogens is 356 g/mol. The molecule has 0 heterocycles. The van der Waals surface area contributed by atoms with E-state index in [1.165, 1.54) is 0 Å². The molecule has 28 heavy (non-hydrogen) atoms. The lowest BCUT2D eigenvalue weighted by Gasteiger charge is -2.19. The van der Waals surface area contributed by atoms with Crippen molar-refractivity contribution in [1.82, 2.24) is 10.6 Å². The number of carbonyl (C=O) groups is 3. The van der Waals surface area contributed by atoms with Crippen molar-refractivity contribution in [2.24, 2.45) is 0 Å². The first-order chi connectivity index (χ1) is 13.2. The quantitative estimate of drug-likeness (QED) is 0.686. The molecule has 2 aromatic carbocycles. The standard InChI is InChI=1S/C22H26N2O4/c1-22(2,3)17-11-9-16(10-12-17)20(26)23-14-19(25)24-18(21(27)28)13-15-7-5-4-6-8-15/h4-12,18H,13-14H2,1-3H3,(H,23,26)(H,24,25)(H,27,28)/t18-/m1/s1. The van der Waals surface area contributed by atoms with Gasteiger partial charge in [-0.05, 0) is 28.7 Å². The molecule has 0 fully saturated rings. The molecule has 0 unspecified atom stereocenters. The summed E-state index contributed by atoms with van der Waals surface area (Å²) < 4.78 is 0. The molecule has 0 saturated carbocycles. The summed E-state index contributed by atoms with van der Waals surface area (Å²) in [6.45, 7) is 5.96. The van der Waals surface area contributed by atoms with Crippen LogP contribution in [0.25, 0.3) is 0 Å². The van der Waals surface area contributed by atoms with Crippen LogP contribution in [0.2, 0.25) is 0 Å². The van der Waals surface area contributed by atoms with Crippen molar-refractivity contribution in [2.45, 2.75) is 38.6 Å². The largest absolute Gasteiger partial charge is 0.480 e. The maximum atomic E-state index is 12.2. The number of nitrogens with one attached hydrogen (secondary N) is 2. The second-order valence-corrected chi connectivity index (χ2v) is 7.66. The molecule has 0 radical (unpaired) electrons. The minimum Gasteiger partial charge on any atom is -0.480 e. The Labute approximate surface area is 165 Å². The smallest absolute Gasteiger partial charge is 0.326 e. The van der Waals surface area contributed by atoms with Crippen molar-refractivity contribution in [3.63, 3.8) is 0 Å². The number of rotatable bonds is 7. The molecule has 0 aliphatic rings. The van der Waals surface area contributed by atoms with Crippen LogP contribution < -0.4 is 10.6 Å². The van der Waals surface area contributed by atoms with Gasteiger partial charge < -0.3 is 15.7 Å². The number of amides is 2. The maximum Gasteiger partial charge on any atom is 0.326 e. The SMILES string of the molecule is CC(C)(C)c1ccc(C(=O)NCC(=O)N[C@H](Cc2ccccc2)C(=O)O)cc1. The average Bonchev–Trinajstić information content (AvgIpc) is 2.65. The first kappa shape index (κ1) is 21.2. The van der Waals surface area contributed by atoms with E-state index in [1.807, 2.05) is 18.2 Å². The molecule has 2 amide bonds. The van der Waals surface area contributed by atoms with E-state index in [9.17, 15) is 19.5 Å². The third kappa shape index (κ3) is 6.23. The van der Waals surface area contributed by atoms with Crippen LogP contribution >= 0.6 is 0 Å². The Bertz CT molecular complexity index is 824. The predicted octanol–water partition coefficient (Wildman–Crippen LogP) is 2.53. The summed E-state index contributed by atoms with van der Waals surface area (Å²) in [6, 6.07) is 15.2. The van der Waals surface area contributed by atoms with Crippen LogP contribution in [0.3, 0.4) is 0 Å². The van der Waals surface area contributed by atoms with E-state index in [-0.39, 0.29) is 24.3 Å². The second kappa shape index (κ2) is 9.17. The van der Waals surface area contributed by atoms with Crippen molar-refractivity contribution in [3.05, 3.63) is 71.3 Å². The van der Waals surface area contributed by atoms with Crippen LogP contribution in [0.4, 0.5) is 0 Å². The Kier molecular flexibility index (Phi) is 6.93. The Morgan fingerprint density at radius 2 is 1.57 bits per heavy atom. The van der Waals surface area contributed by atoms with E-state index < -0.39 is 17.9 Å². The highest BCUT2D eigenvalue weighted by Crippen LogP contribution is 2.22. The summed E-state index contributed by atoms with van der Waals surface area (Å²) in [5, 5.41) is 14.3. The fourth-order valence-corrected chi connectivity index (χ4v) is 2.68. The van der Waals surface area contributed by atoms with Crippen LogP contribution in [0.1, 0.15) is 42.3 Å². The number of hydrogen-bond donors (Lipinski definition) is 3. The lowest BCUT2D eigenvalue weighted by molar-refractivity contribution is -0.141. The molecule has 1 atom stereocenters. The van der Waals surface area contributed by atoms with Gasteiger partial charge in [-0.1, -0.05) is 63.2 Å². The van der Waals surface area contributed by atoms with Crippen molar-refractivity contribution in [1.29, 1.82) is 0 Å². The van der Waals surface area contributed by atoms with Gasteiger partial charge >= 0.3 is 5.97 Å². The molecule has 6 nitrogen and oxygen atoms in total. The van der Waals surface area contributed by atoms with Crippen molar-refractivity contribution in [3.8, 4) is 0 Å². The molecule has 3 N–H and O–H groups in total. The van der Waals surface area contributed by atoms with Gasteiger partial charge in [-0.2, -0.15) is 0 Å². The second-order valence-electron chi connectivity index (χ2n) is 7.66. The summed E-state index contributed by atoms with van der Waals surface area (Å²) in [7, 11) is 0. The minimum atomic E-state index is -1.12. The maximum absolute atomic E-state index is 12.2. The summed E-state index contributed by atoms with van der Waals surface area (Å²) in [5.41, 5.74) is 2.34. The Morgan fingerprint density at radius 1 is 0.964 bits per heavy atom. The fourth-order valence-electron chi connectivity index (χ4n) is 2.68. The van der Waals surface area contributed by atoms with Crippen LogP contribution in [-0.4, -0.2) is 35.5 Å². The van der Waals surface area contributed by atoms with Gasteiger partial charge in [-0.15, -0.1) is 0 Å². The average molecular weight is 382 g/mol. The van der Waals surface area contributed by atoms with E-state index >= 15 is 0 Å². The number of benzene rings is 2. The molecular formula is C22H26N2O4. The van der Waals surface area contributed by atoms with Crippen LogP contribution in [0.15, 0.2) is 54.6 Å². The monoisotopic (exact) mass is 382 g/mol. The van der Waals surface area contributed by atoms with E-state index in [1.54, 1.807) is 36.4 Å². The predicted molar refractivity (Wildman–Crippen MR) is 107 cm³/mol. The Hall–Kier alpha value is -3.15. The highest BCUT2D eigenvalue weighted by atomic mass is 16.4. The van der Waals surface area contributed by atoms with Crippen LogP contribution in [0, 0.1) is 0 Å². The lowest BCUT2D eigenvalue weighted by atomic mass is 9.87. The minimum absolute atomic E-state index is 0.0144. The number of carbonyl (C=O) groups excluding carboxylic acids is 2. The molecule has 0 aliphatic heterocycles. The van der Waals surface area contributed by atoms with Gasteiger partial charge in [-0.3, -0.25) is 9.59 Å². The molecule has 0 saturated heterocycles. The van der Waals surface area contributed by atoms with Gasteiger partial charge in [0.1, 0.15) is 6.04 Å². The molecule has 0 aromatic heterocycles. The summed E-state index contributed by atoms with van der Waals surface area (Å²) in [4.78, 5) is 35.7. The zero-order valence-electron chi connectivity index (χ0n) is 16.4. The number of hydrogen-bond acceptors (Lipinski definition) is 3. The third-order valence-corrected chi connectivity index (χ3v) is 4.34. The Morgan fingerprint density at radius 3 is 2.11 bits per heavy atom. The van der Waals surface area contributed by atoms with E-state index in [2.05, 4.69) is 31.4 Å². The highest BCUT2D eigenvalue weighted by Gasteiger charge is 2.21. The van der Waals surface area contributed by atoms with Crippen LogP contribution in [-0.2, 0) is 21.4 Å². The van der Waals surface area contributed by atoms with Gasteiger partial charge in [-0.25, -0.2) is 4.79 Å². The van der Waals surface area contributed by atoms with Gasteiger partial charge in [0.15, 0.2) is 0 Å². The zero-order chi connectivity index (χ0) is 20.7. The van der Waals surface area contributed by atoms with Crippen molar-refractivity contribution >= 4 is 17.8 Å². The molecule has 0 bridgehead atoms. The normalized spacial score (nSPS) is 12.1. The number of aliphatic carboxylic acids is 1. The topological polar surface area (TPSA) is 95.5 Å². The first-order valence-corrected chi connectivity index (χ1v) is 9.11. The fraction of sp³-hybridized carbons (Fsp3) is 0.318. The van der Waals surface area contributed by atoms with Gasteiger partial charge in [0.25, 0.3) is 5.91 Å². The zero-order valence-corrected chi connectivity index (χ0v) is 16.4. The summed E-state index contributed by atoms with van der Waals surface area (Å²) in [5.74, 6) is -2.06. The van der Waals surface area contributed by atoms with Crippen molar-refractivity contribution in [2.75, 3.05) is 6.54 Å². The highest BCUT2D eigenvalue weighted by molar-refractivity contribution is 5.96. The molecule has 6 heteroatoms. The summed E-state index contributed by atoms with van der Waals surface area (Å²) in [6.07, 6.45) is 0.171. The molecule has 2 rings (SSSR count). The molecule has 2 aromatic rings. The van der Waals surface area contributed by atoms with Crippen LogP contribution in [0.5, 0.6) is 0 Å². The van der Waals surface area contributed by atoms with Gasteiger partial charge in [0.05, 0.1) is 6.54 Å². The lowest BCUT2D eigenvalue weighted by Crippen LogP contribution is -2.46. The van der Waals surface area contributed by atoms with E-state index in [0.717, 1.165) is 11.1 Å². The van der Waals surface area contributed by atoms with Crippen molar-refractivity contribution < 1.29 is 19.5 Å². The first-order valence-electron chi connectivity index (χ1n) is 9.11. The van der Waals surface area contributed by atoms with Gasteiger partial charge in [0.2, 0.25) is 5.91 Å². The molecule has 0 aliphatic carbocycles. The molecule has 0 spiro atoms.